The van der Waals surface area contributed by atoms with E-state index in [-0.39, 0.29) is 0 Å². The van der Waals surface area contributed by atoms with Crippen LogP contribution in [-0.4, -0.2) is 43.1 Å². The third kappa shape index (κ3) is 7.43. The zero-order valence-corrected chi connectivity index (χ0v) is 18.0. The molecule has 1 aromatic heterocycles. The molecule has 0 aliphatic heterocycles. The summed E-state index contributed by atoms with van der Waals surface area (Å²) in [5, 5.41) is 10.1. The van der Waals surface area contributed by atoms with E-state index in [4.69, 9.17) is 28.3 Å². The van der Waals surface area contributed by atoms with Crippen molar-refractivity contribution < 1.29 is 18.3 Å². The molecule has 27 heavy (non-hydrogen) atoms. The first-order valence-electron chi connectivity index (χ1n) is 8.37. The lowest BCUT2D eigenvalue weighted by Gasteiger charge is -2.19. The van der Waals surface area contributed by atoms with Gasteiger partial charge in [0, 0.05) is 28.0 Å². The number of nitrogens with zero attached hydrogens (tertiary/aromatic N) is 1. The Kier molecular flexibility index (Phi) is 8.12. The van der Waals surface area contributed by atoms with Gasteiger partial charge in [0.15, 0.2) is 0 Å². The smallest absolute Gasteiger partial charge is 0.345 e. The third-order valence-electron chi connectivity index (χ3n) is 3.97. The lowest BCUT2D eigenvalue weighted by atomic mass is 10.1. The number of benzene rings is 1. The summed E-state index contributed by atoms with van der Waals surface area (Å²) in [6.45, 7) is 0.809. The number of aryl methyl sites for hydroxylation is 2. The molecule has 0 atom stereocenters. The maximum absolute atomic E-state index is 12.0. The van der Waals surface area contributed by atoms with Crippen LogP contribution in [0, 0.1) is 0 Å². The second-order valence-electron chi connectivity index (χ2n) is 6.22. The number of halogens is 2. The van der Waals surface area contributed by atoms with Crippen molar-refractivity contribution in [3.8, 4) is 0 Å². The number of carboxylic acids is 1. The van der Waals surface area contributed by atoms with E-state index < -0.39 is 16.0 Å². The SMILES string of the molecule is CS(=O)(=O)N(CCCc1cc(Cl)cc(Cl)c1)CCCc1ccc(C(=O)O)s1. The minimum absolute atomic E-state index is 0.296. The van der Waals surface area contributed by atoms with Crippen LogP contribution in [0.1, 0.15) is 33.0 Å². The van der Waals surface area contributed by atoms with Crippen LogP contribution < -0.4 is 0 Å². The van der Waals surface area contributed by atoms with Crippen LogP contribution in [0.5, 0.6) is 0 Å². The third-order valence-corrected chi connectivity index (χ3v) is 6.84. The molecule has 2 aromatic rings. The quantitative estimate of drug-likeness (QED) is 0.575. The molecule has 1 aromatic carbocycles. The second-order valence-corrected chi connectivity index (χ2v) is 10.2. The van der Waals surface area contributed by atoms with E-state index >= 15 is 0 Å². The number of rotatable bonds is 10. The van der Waals surface area contributed by atoms with Crippen molar-refractivity contribution in [1.82, 2.24) is 4.31 Å². The summed E-state index contributed by atoms with van der Waals surface area (Å²) in [4.78, 5) is 12.1. The fraction of sp³-hybridized carbons (Fsp3) is 0.389. The second kappa shape index (κ2) is 9.89. The molecule has 9 heteroatoms. The van der Waals surface area contributed by atoms with Crippen molar-refractivity contribution in [2.24, 2.45) is 0 Å². The number of aromatic carboxylic acids is 1. The van der Waals surface area contributed by atoms with Crippen molar-refractivity contribution in [1.29, 1.82) is 0 Å². The average Bonchev–Trinajstić information content (AvgIpc) is 3.00. The summed E-state index contributed by atoms with van der Waals surface area (Å²) in [5.74, 6) is -0.940. The number of hydrogen-bond donors (Lipinski definition) is 1. The molecule has 0 unspecified atom stereocenters. The first-order valence-corrected chi connectivity index (χ1v) is 11.8. The minimum atomic E-state index is -3.31. The Bertz CT molecular complexity index is 876. The zero-order valence-electron chi connectivity index (χ0n) is 14.8. The molecule has 0 aliphatic rings. The van der Waals surface area contributed by atoms with Crippen LogP contribution in [0.4, 0.5) is 0 Å². The van der Waals surface area contributed by atoms with Gasteiger partial charge in [-0.1, -0.05) is 23.2 Å². The van der Waals surface area contributed by atoms with Gasteiger partial charge in [-0.25, -0.2) is 17.5 Å². The van der Waals surface area contributed by atoms with Gasteiger partial charge >= 0.3 is 5.97 Å². The maximum atomic E-state index is 12.0. The Hall–Kier alpha value is -1.12. The minimum Gasteiger partial charge on any atom is -0.477 e. The van der Waals surface area contributed by atoms with Crippen LogP contribution in [0.3, 0.4) is 0 Å². The molecule has 5 nitrogen and oxygen atoms in total. The normalized spacial score (nSPS) is 11.9. The average molecular weight is 450 g/mol. The topological polar surface area (TPSA) is 74.7 Å². The molecule has 0 aliphatic carbocycles. The molecule has 1 heterocycles. The van der Waals surface area contributed by atoms with E-state index in [2.05, 4.69) is 0 Å². The van der Waals surface area contributed by atoms with E-state index in [1.807, 2.05) is 12.1 Å². The number of carboxylic acid groups (broad SMARTS) is 1. The molecule has 148 valence electrons. The monoisotopic (exact) mass is 449 g/mol. The van der Waals surface area contributed by atoms with Gasteiger partial charge in [0.25, 0.3) is 0 Å². The molecule has 2 rings (SSSR count). The number of carbonyl (C=O) groups is 1. The highest BCUT2D eigenvalue weighted by molar-refractivity contribution is 7.88. The zero-order chi connectivity index (χ0) is 20.0. The molecule has 0 saturated heterocycles. The summed E-state index contributed by atoms with van der Waals surface area (Å²) in [5.41, 5.74) is 0.973. The number of hydrogen-bond acceptors (Lipinski definition) is 4. The summed E-state index contributed by atoms with van der Waals surface area (Å²) in [7, 11) is -3.31. The predicted octanol–water partition coefficient (Wildman–Crippen LogP) is 4.58. The van der Waals surface area contributed by atoms with E-state index in [0.717, 1.165) is 10.4 Å². The van der Waals surface area contributed by atoms with E-state index in [0.29, 0.717) is 53.7 Å². The van der Waals surface area contributed by atoms with Crippen molar-refractivity contribution in [3.63, 3.8) is 0 Å². The highest BCUT2D eigenvalue weighted by atomic mass is 35.5. The fourth-order valence-corrected chi connectivity index (χ4v) is 5.10. The molecular weight excluding hydrogens is 429 g/mol. The largest absolute Gasteiger partial charge is 0.477 e. The summed E-state index contributed by atoms with van der Waals surface area (Å²) in [6, 6.07) is 8.68. The predicted molar refractivity (Wildman–Crippen MR) is 111 cm³/mol. The van der Waals surface area contributed by atoms with Crippen molar-refractivity contribution in [2.75, 3.05) is 19.3 Å². The molecule has 1 N–H and O–H groups in total. The first kappa shape index (κ1) is 22.2. The van der Waals surface area contributed by atoms with Crippen molar-refractivity contribution in [3.05, 3.63) is 55.7 Å². The molecule has 0 bridgehead atoms. The van der Waals surface area contributed by atoms with Crippen LogP contribution in [-0.2, 0) is 22.9 Å². The number of thiophene rings is 1. The highest BCUT2D eigenvalue weighted by Crippen LogP contribution is 2.21. The fourth-order valence-electron chi connectivity index (χ4n) is 2.72. The van der Waals surface area contributed by atoms with Crippen molar-refractivity contribution in [2.45, 2.75) is 25.7 Å². The Morgan fingerprint density at radius 2 is 1.67 bits per heavy atom. The van der Waals surface area contributed by atoms with Crippen LogP contribution in [0.2, 0.25) is 10.0 Å². The standard InChI is InChI=1S/C18H21Cl2NO4S2/c1-27(24,25)21(8-2-4-13-10-14(19)12-15(20)11-13)9-3-5-16-6-7-17(26-16)18(22)23/h6-7,10-12H,2-5,8-9H2,1H3,(H,22,23). The summed E-state index contributed by atoms with van der Waals surface area (Å²) in [6.07, 6.45) is 3.82. The lowest BCUT2D eigenvalue weighted by Crippen LogP contribution is -2.32. The van der Waals surface area contributed by atoms with E-state index in [1.165, 1.54) is 21.9 Å². The molecule has 0 radical (unpaired) electrons. The molecular formula is C18H21Cl2NO4S2. The van der Waals surface area contributed by atoms with E-state index in [1.54, 1.807) is 18.2 Å². The van der Waals surface area contributed by atoms with Gasteiger partial charge in [-0.3, -0.25) is 0 Å². The molecule has 0 spiro atoms. The summed E-state index contributed by atoms with van der Waals surface area (Å²) >= 11 is 13.2. The van der Waals surface area contributed by atoms with Crippen LogP contribution in [0.15, 0.2) is 30.3 Å². The molecule has 0 saturated carbocycles. The molecule has 0 amide bonds. The maximum Gasteiger partial charge on any atom is 0.345 e. The van der Waals surface area contributed by atoms with Gasteiger partial charge in [-0.05, 0) is 61.6 Å². The highest BCUT2D eigenvalue weighted by Gasteiger charge is 2.16. The lowest BCUT2D eigenvalue weighted by molar-refractivity contribution is 0.0702. The van der Waals surface area contributed by atoms with Crippen LogP contribution >= 0.6 is 34.5 Å². The van der Waals surface area contributed by atoms with Gasteiger partial charge in [0.2, 0.25) is 10.0 Å². The van der Waals surface area contributed by atoms with Gasteiger partial charge in [-0.15, -0.1) is 11.3 Å². The van der Waals surface area contributed by atoms with Gasteiger partial charge in [0.1, 0.15) is 4.88 Å². The van der Waals surface area contributed by atoms with Crippen LogP contribution in [0.25, 0.3) is 0 Å². The molecule has 0 fully saturated rings. The van der Waals surface area contributed by atoms with Gasteiger partial charge in [0.05, 0.1) is 6.26 Å². The Morgan fingerprint density at radius 3 is 2.19 bits per heavy atom. The van der Waals surface area contributed by atoms with Gasteiger partial charge in [-0.2, -0.15) is 0 Å². The number of sulfonamides is 1. The van der Waals surface area contributed by atoms with Crippen molar-refractivity contribution >= 4 is 50.5 Å². The Labute approximate surface area is 173 Å². The Morgan fingerprint density at radius 1 is 1.07 bits per heavy atom. The first-order chi connectivity index (χ1) is 12.6. The van der Waals surface area contributed by atoms with E-state index in [9.17, 15) is 13.2 Å². The summed E-state index contributed by atoms with van der Waals surface area (Å²) < 4.78 is 25.5. The Balaban J connectivity index is 1.86. The van der Waals surface area contributed by atoms with Gasteiger partial charge < -0.3 is 5.11 Å².